The van der Waals surface area contributed by atoms with E-state index in [4.69, 9.17) is 5.11 Å². The van der Waals surface area contributed by atoms with Crippen LogP contribution in [0.3, 0.4) is 0 Å². The van der Waals surface area contributed by atoms with Crippen molar-refractivity contribution in [3.8, 4) is 0 Å². The molecule has 1 radical (unpaired) electrons. The van der Waals surface area contributed by atoms with Gasteiger partial charge in [-0.15, -0.1) is 0 Å². The van der Waals surface area contributed by atoms with Crippen LogP contribution < -0.4 is 0 Å². The fourth-order valence-corrected chi connectivity index (χ4v) is 0.298. The summed E-state index contributed by atoms with van der Waals surface area (Å²) in [5.74, 6) is -1.32. The minimum absolute atomic E-state index is 0.190. The molecular weight excluding hydrogens is 112 g/mol. The third-order valence-electron chi connectivity index (χ3n) is 0.616. The van der Waals surface area contributed by atoms with Gasteiger partial charge in [-0.25, -0.2) is 4.79 Å². The highest BCUT2D eigenvalue weighted by Crippen LogP contribution is 2.08. The van der Waals surface area contributed by atoms with E-state index >= 15 is 0 Å². The van der Waals surface area contributed by atoms with Gasteiger partial charge in [0.1, 0.15) is 6.26 Å². The summed E-state index contributed by atoms with van der Waals surface area (Å²) in [7, 11) is 0. The van der Waals surface area contributed by atoms with Crippen LogP contribution in [0.2, 0.25) is 0 Å². The van der Waals surface area contributed by atoms with Gasteiger partial charge in [-0.3, -0.25) is 0 Å². The lowest BCUT2D eigenvalue weighted by molar-refractivity contribution is -0.135. The van der Waals surface area contributed by atoms with E-state index in [1.165, 1.54) is 0 Å². The normalized spacial score (nSPS) is 16.2. The van der Waals surface area contributed by atoms with Crippen LogP contribution in [0.5, 0.6) is 0 Å². The third kappa shape index (κ3) is 0.726. The molecule has 1 aliphatic rings. The summed E-state index contributed by atoms with van der Waals surface area (Å²) in [5, 5.41) is 8.12. The summed E-state index contributed by atoms with van der Waals surface area (Å²) < 4.78 is 8.66. The highest BCUT2D eigenvalue weighted by molar-refractivity contribution is 5.84. The molecule has 0 aliphatic carbocycles. The fourth-order valence-electron chi connectivity index (χ4n) is 0.298. The van der Waals surface area contributed by atoms with Crippen LogP contribution in [0.25, 0.3) is 0 Å². The Morgan fingerprint density at radius 3 is 2.75 bits per heavy atom. The molecule has 0 atom stereocenters. The Labute approximate surface area is 45.3 Å². The number of carboxylic acid groups (broad SMARTS) is 1. The average Bonchev–Trinajstić information content (AvgIpc) is 2.12. The maximum absolute atomic E-state index is 9.91. The van der Waals surface area contributed by atoms with Crippen molar-refractivity contribution in [1.82, 2.24) is 0 Å². The summed E-state index contributed by atoms with van der Waals surface area (Å²) in [5.41, 5.74) is 0. The van der Waals surface area contributed by atoms with Crippen molar-refractivity contribution in [3.63, 3.8) is 0 Å². The van der Waals surface area contributed by atoms with Gasteiger partial charge in [-0.05, 0) is 0 Å². The molecule has 1 N–H and O–H groups in total. The van der Waals surface area contributed by atoms with Crippen LogP contribution in [0.15, 0.2) is 12.0 Å². The van der Waals surface area contributed by atoms with E-state index < -0.39 is 5.97 Å². The summed E-state index contributed by atoms with van der Waals surface area (Å²) in [6.45, 7) is 0.948. The average molecular weight is 115 g/mol. The first-order valence-electron chi connectivity index (χ1n) is 1.88. The van der Waals surface area contributed by atoms with Crippen molar-refractivity contribution in [2.24, 2.45) is 0 Å². The van der Waals surface area contributed by atoms with Crippen molar-refractivity contribution in [1.29, 1.82) is 0 Å². The second-order valence-electron chi connectivity index (χ2n) is 1.14. The number of ether oxygens (including phenoxy) is 2. The predicted octanol–water partition coefficient (Wildman–Crippen LogP) is 0.0785. The van der Waals surface area contributed by atoms with Crippen molar-refractivity contribution in [2.75, 3.05) is 0 Å². The molecule has 0 saturated heterocycles. The molecule has 43 valence electrons. The van der Waals surface area contributed by atoms with Gasteiger partial charge >= 0.3 is 12.8 Å². The Morgan fingerprint density at radius 1 is 1.75 bits per heavy atom. The van der Waals surface area contributed by atoms with Crippen molar-refractivity contribution < 1.29 is 19.4 Å². The number of aliphatic carboxylic acids is 1. The number of hydrogen-bond donors (Lipinski definition) is 1. The van der Waals surface area contributed by atoms with Crippen molar-refractivity contribution >= 4 is 5.97 Å². The molecule has 0 amide bonds. The smallest absolute Gasteiger partial charge is 0.374 e. The van der Waals surface area contributed by atoms with E-state index in [-0.39, 0.29) is 5.76 Å². The van der Waals surface area contributed by atoms with E-state index in [9.17, 15) is 4.79 Å². The molecule has 1 rings (SSSR count). The van der Waals surface area contributed by atoms with Crippen LogP contribution >= 0.6 is 0 Å². The molecule has 8 heavy (non-hydrogen) atoms. The van der Waals surface area contributed by atoms with Gasteiger partial charge in [-0.2, -0.15) is 0 Å². The van der Waals surface area contributed by atoms with Crippen LogP contribution in [-0.2, 0) is 14.3 Å². The first-order chi connectivity index (χ1) is 3.80. The second-order valence-corrected chi connectivity index (χ2v) is 1.14. The van der Waals surface area contributed by atoms with Gasteiger partial charge in [0.2, 0.25) is 5.76 Å². The highest BCUT2D eigenvalue weighted by atomic mass is 16.7. The molecule has 1 aliphatic heterocycles. The Kier molecular flexibility index (Phi) is 1.07. The second kappa shape index (κ2) is 1.73. The van der Waals surface area contributed by atoms with E-state index in [2.05, 4.69) is 9.47 Å². The minimum Gasteiger partial charge on any atom is -0.475 e. The summed E-state index contributed by atoms with van der Waals surface area (Å²) in [6.07, 6.45) is 1.02. The zero-order chi connectivity index (χ0) is 5.98. The summed E-state index contributed by atoms with van der Waals surface area (Å²) in [6, 6.07) is 0. The number of rotatable bonds is 1. The molecule has 0 fully saturated rings. The largest absolute Gasteiger partial charge is 0.475 e. The zero-order valence-corrected chi connectivity index (χ0v) is 3.83. The molecule has 4 heteroatoms. The Bertz CT molecular complexity index is 137. The number of hydrogen-bond acceptors (Lipinski definition) is 3. The zero-order valence-electron chi connectivity index (χ0n) is 3.83. The van der Waals surface area contributed by atoms with Gasteiger partial charge in [-0.1, -0.05) is 0 Å². The number of carboxylic acids is 1. The lowest BCUT2D eigenvalue weighted by atomic mass is 10.6. The molecule has 0 aromatic rings. The van der Waals surface area contributed by atoms with E-state index in [1.54, 1.807) is 0 Å². The molecular formula is C4H3O4. The number of carbonyl (C=O) groups is 1. The quantitative estimate of drug-likeness (QED) is 0.525. The standard InChI is InChI=1S/C4H3O4/c5-4(6)3-1-7-2-8-3/h1-2H,(H,5,6). The van der Waals surface area contributed by atoms with Crippen LogP contribution in [0.4, 0.5) is 0 Å². The van der Waals surface area contributed by atoms with Gasteiger partial charge in [0.25, 0.3) is 0 Å². The maximum Gasteiger partial charge on any atom is 0.374 e. The first-order valence-corrected chi connectivity index (χ1v) is 1.88. The molecule has 4 nitrogen and oxygen atoms in total. The molecule has 0 spiro atoms. The van der Waals surface area contributed by atoms with Gasteiger partial charge in [0.05, 0.1) is 0 Å². The minimum atomic E-state index is -1.13. The van der Waals surface area contributed by atoms with Crippen LogP contribution in [0, 0.1) is 6.79 Å². The Morgan fingerprint density at radius 2 is 2.50 bits per heavy atom. The van der Waals surface area contributed by atoms with Gasteiger partial charge in [0, 0.05) is 0 Å². The Hall–Kier alpha value is -1.19. The summed E-state index contributed by atoms with van der Waals surface area (Å²) >= 11 is 0. The summed E-state index contributed by atoms with van der Waals surface area (Å²) in [4.78, 5) is 9.91. The molecule has 0 unspecified atom stereocenters. The fraction of sp³-hybridized carbons (Fsp3) is 0. The predicted molar refractivity (Wildman–Crippen MR) is 22.2 cm³/mol. The molecule has 1 heterocycles. The van der Waals surface area contributed by atoms with Gasteiger partial charge < -0.3 is 14.6 Å². The monoisotopic (exact) mass is 115 g/mol. The highest BCUT2D eigenvalue weighted by Gasteiger charge is 2.14. The molecule has 0 aromatic heterocycles. The lowest BCUT2D eigenvalue weighted by Crippen LogP contribution is -1.98. The third-order valence-corrected chi connectivity index (χ3v) is 0.616. The van der Waals surface area contributed by atoms with Crippen molar-refractivity contribution in [2.45, 2.75) is 0 Å². The molecule has 0 aromatic carbocycles. The van der Waals surface area contributed by atoms with E-state index in [1.807, 2.05) is 0 Å². The molecule has 0 bridgehead atoms. The van der Waals surface area contributed by atoms with Crippen LogP contribution in [-0.4, -0.2) is 11.1 Å². The van der Waals surface area contributed by atoms with E-state index in [0.29, 0.717) is 0 Å². The van der Waals surface area contributed by atoms with E-state index in [0.717, 1.165) is 13.1 Å². The molecule has 0 saturated carbocycles. The van der Waals surface area contributed by atoms with Gasteiger partial charge in [0.15, 0.2) is 0 Å². The maximum atomic E-state index is 9.91. The first kappa shape index (κ1) is 4.96. The topological polar surface area (TPSA) is 55.8 Å². The van der Waals surface area contributed by atoms with Crippen molar-refractivity contribution in [3.05, 3.63) is 18.8 Å². The Balaban J connectivity index is 2.57. The SMILES string of the molecule is O=C(O)C1=CO[CH]O1. The lowest BCUT2D eigenvalue weighted by Gasteiger charge is -1.88. The van der Waals surface area contributed by atoms with Crippen LogP contribution in [0.1, 0.15) is 0 Å².